The van der Waals surface area contributed by atoms with E-state index < -0.39 is 0 Å². The van der Waals surface area contributed by atoms with Crippen molar-refractivity contribution in [3.8, 4) is 0 Å². The van der Waals surface area contributed by atoms with E-state index in [1.807, 2.05) is 26.0 Å². The topological polar surface area (TPSA) is 50.4 Å². The molecule has 1 aliphatic rings. The van der Waals surface area contributed by atoms with Crippen LogP contribution in [0.3, 0.4) is 0 Å². The number of carbonyl (C=O) groups is 1. The van der Waals surface area contributed by atoms with Crippen LogP contribution < -0.4 is 10.6 Å². The maximum Gasteiger partial charge on any atom is 0.341 e. The van der Waals surface area contributed by atoms with Gasteiger partial charge in [0.1, 0.15) is 10.8 Å². The highest BCUT2D eigenvalue weighted by molar-refractivity contribution is 7.80. The van der Waals surface area contributed by atoms with Gasteiger partial charge in [-0.05, 0) is 63.0 Å². The third kappa shape index (κ3) is 3.97. The van der Waals surface area contributed by atoms with Crippen LogP contribution in [0.5, 0.6) is 0 Å². The van der Waals surface area contributed by atoms with Gasteiger partial charge in [-0.1, -0.05) is 24.3 Å². The summed E-state index contributed by atoms with van der Waals surface area (Å²) in [4.78, 5) is 13.9. The number of rotatable bonds is 4. The van der Waals surface area contributed by atoms with Gasteiger partial charge in [-0.2, -0.15) is 0 Å². The molecule has 1 aliphatic carbocycles. The summed E-state index contributed by atoms with van der Waals surface area (Å²) < 4.78 is 19.5. The zero-order valence-corrected chi connectivity index (χ0v) is 17.8. The molecule has 0 spiro atoms. The number of carbonyl (C=O) groups excluding carboxylic acids is 1. The summed E-state index contributed by atoms with van der Waals surface area (Å²) in [6.07, 6.45) is 2.70. The Bertz CT molecular complexity index is 1110. The molecule has 0 saturated heterocycles. The number of benzene rings is 2. The van der Waals surface area contributed by atoms with Gasteiger partial charge in [0, 0.05) is 21.3 Å². The van der Waals surface area contributed by atoms with Gasteiger partial charge in [-0.15, -0.1) is 11.3 Å². The van der Waals surface area contributed by atoms with E-state index in [9.17, 15) is 9.18 Å². The van der Waals surface area contributed by atoms with Gasteiger partial charge in [-0.25, -0.2) is 9.18 Å². The second kappa shape index (κ2) is 8.08. The average molecular weight is 429 g/mol. The number of thiocarbonyl (C=S) groups is 1. The summed E-state index contributed by atoms with van der Waals surface area (Å²) in [6, 6.07) is 10.3. The zero-order valence-electron chi connectivity index (χ0n) is 16.2. The number of fused-ring (bicyclic) bond motifs is 2. The average Bonchev–Trinajstić information content (AvgIpc) is 3.24. The summed E-state index contributed by atoms with van der Waals surface area (Å²) in [7, 11) is 0. The van der Waals surface area contributed by atoms with E-state index in [2.05, 4.69) is 10.6 Å². The molecule has 0 aliphatic heterocycles. The van der Waals surface area contributed by atoms with Crippen molar-refractivity contribution in [3.05, 3.63) is 58.2 Å². The second-order valence-corrected chi connectivity index (χ2v) is 8.75. The molecule has 0 radical (unpaired) electrons. The van der Waals surface area contributed by atoms with Gasteiger partial charge in [-0.3, -0.25) is 0 Å². The van der Waals surface area contributed by atoms with Gasteiger partial charge in [0.05, 0.1) is 11.7 Å². The van der Waals surface area contributed by atoms with Gasteiger partial charge in [0.15, 0.2) is 5.11 Å². The largest absolute Gasteiger partial charge is 0.459 e. The summed E-state index contributed by atoms with van der Waals surface area (Å²) >= 11 is 7.04. The first-order valence-corrected chi connectivity index (χ1v) is 10.8. The molecular formula is C22H21FN2O2S2. The molecule has 4 nitrogen and oxygen atoms in total. The van der Waals surface area contributed by atoms with Crippen molar-refractivity contribution in [2.75, 3.05) is 10.6 Å². The smallest absolute Gasteiger partial charge is 0.341 e. The zero-order chi connectivity index (χ0) is 20.5. The number of anilines is 2. The minimum atomic E-state index is -0.322. The SMILES string of the molecule is CC(C)OC(=O)c1c(NC(=S)Nc2ccc(F)c3ccccc23)sc2c1CCC2. The molecule has 0 amide bonds. The predicted octanol–water partition coefficient (Wildman–Crippen LogP) is 5.90. The molecule has 3 aromatic rings. The summed E-state index contributed by atoms with van der Waals surface area (Å²) in [6.45, 7) is 3.67. The lowest BCUT2D eigenvalue weighted by Crippen LogP contribution is -2.21. The quantitative estimate of drug-likeness (QED) is 0.400. The Kier molecular flexibility index (Phi) is 5.52. The molecule has 0 saturated carbocycles. The van der Waals surface area contributed by atoms with Gasteiger partial charge in [0.2, 0.25) is 0 Å². The number of hydrogen-bond acceptors (Lipinski definition) is 4. The van der Waals surface area contributed by atoms with E-state index in [-0.39, 0.29) is 17.9 Å². The number of halogens is 1. The first-order chi connectivity index (χ1) is 13.9. The van der Waals surface area contributed by atoms with E-state index in [0.717, 1.165) is 30.2 Å². The van der Waals surface area contributed by atoms with E-state index in [1.54, 1.807) is 29.5 Å². The molecule has 1 heterocycles. The second-order valence-electron chi connectivity index (χ2n) is 7.24. The van der Waals surface area contributed by atoms with E-state index in [0.29, 0.717) is 26.8 Å². The molecule has 29 heavy (non-hydrogen) atoms. The van der Waals surface area contributed by atoms with Gasteiger partial charge in [0.25, 0.3) is 0 Å². The van der Waals surface area contributed by atoms with E-state index in [4.69, 9.17) is 17.0 Å². The van der Waals surface area contributed by atoms with Crippen LogP contribution in [-0.4, -0.2) is 17.2 Å². The molecule has 2 N–H and O–H groups in total. The molecule has 150 valence electrons. The lowest BCUT2D eigenvalue weighted by molar-refractivity contribution is 0.0378. The number of esters is 1. The minimum Gasteiger partial charge on any atom is -0.459 e. The van der Waals surface area contributed by atoms with E-state index >= 15 is 0 Å². The van der Waals surface area contributed by atoms with Crippen LogP contribution >= 0.6 is 23.6 Å². The molecule has 0 unspecified atom stereocenters. The molecule has 4 rings (SSSR count). The molecule has 0 bridgehead atoms. The lowest BCUT2D eigenvalue weighted by Gasteiger charge is -2.14. The molecule has 0 atom stereocenters. The van der Waals surface area contributed by atoms with Gasteiger partial charge >= 0.3 is 5.97 Å². The van der Waals surface area contributed by atoms with Gasteiger partial charge < -0.3 is 15.4 Å². The number of hydrogen-bond donors (Lipinski definition) is 2. The van der Waals surface area contributed by atoms with Crippen molar-refractivity contribution in [2.24, 2.45) is 0 Å². The first kappa shape index (κ1) is 19.8. The Morgan fingerprint density at radius 3 is 2.66 bits per heavy atom. The highest BCUT2D eigenvalue weighted by Crippen LogP contribution is 2.39. The number of thiophene rings is 1. The van der Waals surface area contributed by atoms with Crippen LogP contribution in [0.15, 0.2) is 36.4 Å². The Labute approximate surface area is 178 Å². The fourth-order valence-corrected chi connectivity index (χ4v) is 5.17. The molecule has 2 aromatic carbocycles. The number of ether oxygens (including phenoxy) is 1. The molecule has 7 heteroatoms. The third-order valence-corrected chi connectivity index (χ3v) is 6.23. The van der Waals surface area contributed by atoms with Crippen molar-refractivity contribution in [3.63, 3.8) is 0 Å². The monoisotopic (exact) mass is 428 g/mol. The standard InChI is InChI=1S/C22H21FN2O2S2/c1-12(2)27-21(26)19-15-8-5-9-18(15)29-20(19)25-22(28)24-17-11-10-16(23)13-6-3-4-7-14(13)17/h3-4,6-7,10-12H,5,8-9H2,1-2H3,(H2,24,25,28). The minimum absolute atomic E-state index is 0.192. The van der Waals surface area contributed by atoms with Crippen LogP contribution in [-0.2, 0) is 17.6 Å². The van der Waals surface area contributed by atoms with Crippen LogP contribution in [0.1, 0.15) is 41.1 Å². The Morgan fingerprint density at radius 2 is 1.90 bits per heavy atom. The number of aryl methyl sites for hydroxylation is 1. The normalized spacial score (nSPS) is 12.8. The van der Waals surface area contributed by atoms with Crippen LogP contribution in [0.25, 0.3) is 10.8 Å². The van der Waals surface area contributed by atoms with Crippen LogP contribution in [0.2, 0.25) is 0 Å². The molecular weight excluding hydrogens is 407 g/mol. The van der Waals surface area contributed by atoms with Crippen molar-refractivity contribution in [1.29, 1.82) is 0 Å². The highest BCUT2D eigenvalue weighted by atomic mass is 32.1. The predicted molar refractivity (Wildman–Crippen MR) is 121 cm³/mol. The van der Waals surface area contributed by atoms with Crippen molar-refractivity contribution in [1.82, 2.24) is 0 Å². The number of nitrogens with one attached hydrogen (secondary N) is 2. The summed E-state index contributed by atoms with van der Waals surface area (Å²) in [5.41, 5.74) is 2.36. The van der Waals surface area contributed by atoms with Crippen LogP contribution in [0, 0.1) is 5.82 Å². The first-order valence-electron chi connectivity index (χ1n) is 9.55. The maximum absolute atomic E-state index is 14.1. The Balaban J connectivity index is 1.60. The highest BCUT2D eigenvalue weighted by Gasteiger charge is 2.28. The molecule has 1 aromatic heterocycles. The fourth-order valence-electron chi connectivity index (χ4n) is 3.61. The Hall–Kier alpha value is -2.51. The maximum atomic E-state index is 14.1. The fraction of sp³-hybridized carbons (Fsp3) is 0.273. The van der Waals surface area contributed by atoms with E-state index in [1.165, 1.54) is 10.9 Å². The van der Waals surface area contributed by atoms with Crippen LogP contribution in [0.4, 0.5) is 15.1 Å². The Morgan fingerprint density at radius 1 is 1.14 bits per heavy atom. The third-order valence-electron chi connectivity index (χ3n) is 4.81. The summed E-state index contributed by atoms with van der Waals surface area (Å²) in [5.74, 6) is -0.602. The lowest BCUT2D eigenvalue weighted by atomic mass is 10.1. The van der Waals surface area contributed by atoms with Crippen molar-refractivity contribution >= 4 is 56.1 Å². The molecule has 0 fully saturated rings. The van der Waals surface area contributed by atoms with Crippen molar-refractivity contribution < 1.29 is 13.9 Å². The summed E-state index contributed by atoms with van der Waals surface area (Å²) in [5, 5.41) is 8.62. The van der Waals surface area contributed by atoms with Crippen molar-refractivity contribution in [2.45, 2.75) is 39.2 Å².